The summed E-state index contributed by atoms with van der Waals surface area (Å²) >= 11 is 6.82. The van der Waals surface area contributed by atoms with Crippen LogP contribution in [0.4, 0.5) is 5.69 Å². The second kappa shape index (κ2) is 7.69. The molecule has 0 unspecified atom stereocenters. The number of hydrogen-bond acceptors (Lipinski definition) is 4. The Hall–Kier alpha value is -1.35. The summed E-state index contributed by atoms with van der Waals surface area (Å²) in [6.45, 7) is 0. The number of halogens is 1. The van der Waals surface area contributed by atoms with Gasteiger partial charge in [-0.2, -0.15) is 5.26 Å². The van der Waals surface area contributed by atoms with Crippen molar-refractivity contribution in [1.82, 2.24) is 0 Å². The third-order valence-electron chi connectivity index (χ3n) is 4.03. The summed E-state index contributed by atoms with van der Waals surface area (Å²) in [5.41, 5.74) is 2.29. The molecule has 2 aromatic carbocycles. The van der Waals surface area contributed by atoms with Gasteiger partial charge >= 0.3 is 0 Å². The molecule has 0 amide bonds. The van der Waals surface area contributed by atoms with Gasteiger partial charge in [0.1, 0.15) is 0 Å². The fourth-order valence-electron chi connectivity index (χ4n) is 2.72. The van der Waals surface area contributed by atoms with E-state index in [1.54, 1.807) is 23.5 Å². The van der Waals surface area contributed by atoms with Crippen LogP contribution in [0.5, 0.6) is 0 Å². The van der Waals surface area contributed by atoms with Crippen LogP contribution in [0.1, 0.15) is 5.56 Å². The van der Waals surface area contributed by atoms with Gasteiger partial charge in [-0.05, 0) is 36.1 Å². The molecule has 3 rings (SSSR count). The summed E-state index contributed by atoms with van der Waals surface area (Å²) in [6, 6.07) is 21.1. The maximum Gasteiger partial charge on any atom is 0.173 e. The quantitative estimate of drug-likeness (QED) is 0.645. The van der Waals surface area contributed by atoms with Crippen LogP contribution >= 0.6 is 39.5 Å². The molecule has 1 heterocycles. The van der Waals surface area contributed by atoms with E-state index in [9.17, 15) is 5.26 Å². The largest absolute Gasteiger partial charge is 0.352 e. The van der Waals surface area contributed by atoms with Gasteiger partial charge in [0.15, 0.2) is 4.08 Å². The van der Waals surface area contributed by atoms with Crippen LogP contribution in [0.15, 0.2) is 65.1 Å². The van der Waals surface area contributed by atoms with Gasteiger partial charge in [0.25, 0.3) is 0 Å². The first kappa shape index (κ1) is 17.5. The molecule has 5 heteroatoms. The maximum absolute atomic E-state index is 9.83. The SMILES string of the molecule is CS[C@@]1(C#N)SCN(c2ccc(Br)cc2)[C@@H]1/C=C/c1ccccc1. The lowest BCUT2D eigenvalue weighted by molar-refractivity contribution is 0.777. The van der Waals surface area contributed by atoms with Gasteiger partial charge in [-0.3, -0.25) is 0 Å². The highest BCUT2D eigenvalue weighted by atomic mass is 79.9. The summed E-state index contributed by atoms with van der Waals surface area (Å²) in [5.74, 6) is 0.805. The molecular weight excluding hydrogens is 400 g/mol. The lowest BCUT2D eigenvalue weighted by Crippen LogP contribution is -2.39. The molecule has 0 spiro atoms. The first-order chi connectivity index (χ1) is 11.7. The van der Waals surface area contributed by atoms with Gasteiger partial charge in [-0.1, -0.05) is 58.4 Å². The number of anilines is 1. The average Bonchev–Trinajstić information content (AvgIpc) is 3.00. The number of nitrogens with zero attached hydrogens (tertiary/aromatic N) is 2. The average molecular weight is 417 g/mol. The third kappa shape index (κ3) is 3.51. The fraction of sp³-hybridized carbons (Fsp3) is 0.211. The number of thioether (sulfide) groups is 2. The van der Waals surface area contributed by atoms with Gasteiger partial charge < -0.3 is 4.90 Å². The first-order valence-corrected chi connectivity index (χ1v) is 10.5. The van der Waals surface area contributed by atoms with E-state index in [4.69, 9.17) is 0 Å². The first-order valence-electron chi connectivity index (χ1n) is 7.54. The molecule has 0 aliphatic carbocycles. The van der Waals surface area contributed by atoms with Crippen molar-refractivity contribution < 1.29 is 0 Å². The van der Waals surface area contributed by atoms with Crippen LogP contribution in [0.2, 0.25) is 0 Å². The van der Waals surface area contributed by atoms with Crippen molar-refractivity contribution >= 4 is 51.2 Å². The molecule has 2 atom stereocenters. The predicted octanol–water partition coefficient (Wildman–Crippen LogP) is 5.62. The highest BCUT2D eigenvalue weighted by Gasteiger charge is 2.47. The number of hydrogen-bond donors (Lipinski definition) is 0. The van der Waals surface area contributed by atoms with Crippen LogP contribution in [0.3, 0.4) is 0 Å². The molecule has 2 nitrogen and oxygen atoms in total. The molecular formula is C19H17BrN2S2. The van der Waals surface area contributed by atoms with Crippen LogP contribution < -0.4 is 4.90 Å². The summed E-state index contributed by atoms with van der Waals surface area (Å²) in [6.07, 6.45) is 6.30. The highest BCUT2D eigenvalue weighted by molar-refractivity contribution is 9.10. The van der Waals surface area contributed by atoms with Crippen LogP contribution in [0, 0.1) is 11.3 Å². The van der Waals surface area contributed by atoms with E-state index in [1.807, 2.05) is 36.6 Å². The molecule has 0 radical (unpaired) electrons. The normalized spacial score (nSPS) is 23.5. The van der Waals surface area contributed by atoms with Gasteiger partial charge in [-0.25, -0.2) is 0 Å². The van der Waals surface area contributed by atoms with Gasteiger partial charge in [0.05, 0.1) is 18.0 Å². The van der Waals surface area contributed by atoms with Crippen LogP contribution in [-0.2, 0) is 0 Å². The summed E-state index contributed by atoms with van der Waals surface area (Å²) < 4.78 is 0.573. The lowest BCUT2D eigenvalue weighted by Gasteiger charge is -2.30. The smallest absolute Gasteiger partial charge is 0.173 e. The van der Waals surface area contributed by atoms with E-state index in [1.165, 1.54) is 0 Å². The monoisotopic (exact) mass is 416 g/mol. The lowest BCUT2D eigenvalue weighted by atomic mass is 10.1. The second-order valence-corrected chi connectivity index (χ2v) is 8.83. The molecule has 0 saturated carbocycles. The second-order valence-electron chi connectivity index (χ2n) is 5.42. The van der Waals surface area contributed by atoms with Crippen molar-refractivity contribution in [3.8, 4) is 6.07 Å². The zero-order valence-corrected chi connectivity index (χ0v) is 16.4. The fourth-order valence-corrected chi connectivity index (χ4v) is 5.24. The standard InChI is InChI=1S/C19H17BrN2S2/c1-23-19(13-21)18(12-7-15-5-3-2-4-6-15)22(14-24-19)17-10-8-16(20)9-11-17/h2-12,18H,14H2,1H3/b12-7+/t18-,19+/m1/s1. The predicted molar refractivity (Wildman–Crippen MR) is 110 cm³/mol. The molecule has 0 aromatic heterocycles. The topological polar surface area (TPSA) is 27.0 Å². The van der Waals surface area contributed by atoms with E-state index in [0.29, 0.717) is 0 Å². The number of benzene rings is 2. The van der Waals surface area contributed by atoms with Crippen molar-refractivity contribution in [3.63, 3.8) is 0 Å². The zero-order valence-electron chi connectivity index (χ0n) is 13.2. The molecule has 122 valence electrons. The zero-order chi connectivity index (χ0) is 17.0. The Kier molecular flexibility index (Phi) is 5.60. The molecule has 24 heavy (non-hydrogen) atoms. The maximum atomic E-state index is 9.83. The number of rotatable bonds is 4. The van der Waals surface area contributed by atoms with E-state index in [-0.39, 0.29) is 6.04 Å². The van der Waals surface area contributed by atoms with Crippen molar-refractivity contribution in [3.05, 3.63) is 70.7 Å². The molecule has 0 bridgehead atoms. The minimum atomic E-state index is -0.488. The van der Waals surface area contributed by atoms with Crippen molar-refractivity contribution in [1.29, 1.82) is 5.26 Å². The van der Waals surface area contributed by atoms with Crippen molar-refractivity contribution in [2.45, 2.75) is 10.1 Å². The van der Waals surface area contributed by atoms with E-state index in [2.05, 4.69) is 63.3 Å². The summed E-state index contributed by atoms with van der Waals surface area (Å²) in [7, 11) is 0. The van der Waals surface area contributed by atoms with Crippen molar-refractivity contribution in [2.24, 2.45) is 0 Å². The van der Waals surface area contributed by atoms with Gasteiger partial charge in [0, 0.05) is 10.2 Å². The minimum Gasteiger partial charge on any atom is -0.352 e. The van der Waals surface area contributed by atoms with Crippen molar-refractivity contribution in [2.75, 3.05) is 17.0 Å². The summed E-state index contributed by atoms with van der Waals surface area (Å²) in [4.78, 5) is 2.30. The van der Waals surface area contributed by atoms with Crippen LogP contribution in [-0.4, -0.2) is 22.3 Å². The Balaban J connectivity index is 1.95. The number of nitriles is 1. The molecule has 2 aromatic rings. The van der Waals surface area contributed by atoms with Gasteiger partial charge in [0.2, 0.25) is 0 Å². The Labute approximate surface area is 160 Å². The molecule has 1 aliphatic heterocycles. The molecule has 1 fully saturated rings. The van der Waals surface area contributed by atoms with E-state index < -0.39 is 4.08 Å². The Morgan fingerprint density at radius 1 is 1.25 bits per heavy atom. The molecule has 1 saturated heterocycles. The molecule has 1 aliphatic rings. The summed E-state index contributed by atoms with van der Waals surface area (Å²) in [5, 5.41) is 9.83. The Morgan fingerprint density at radius 2 is 1.96 bits per heavy atom. The Morgan fingerprint density at radius 3 is 2.58 bits per heavy atom. The van der Waals surface area contributed by atoms with Gasteiger partial charge in [-0.15, -0.1) is 23.5 Å². The van der Waals surface area contributed by atoms with E-state index in [0.717, 1.165) is 21.6 Å². The van der Waals surface area contributed by atoms with Crippen LogP contribution in [0.25, 0.3) is 6.08 Å². The Bertz CT molecular complexity index is 755. The minimum absolute atomic E-state index is 0.0175. The highest BCUT2D eigenvalue weighted by Crippen LogP contribution is 2.48. The third-order valence-corrected chi connectivity index (χ3v) is 7.52. The van der Waals surface area contributed by atoms with E-state index >= 15 is 0 Å². The molecule has 0 N–H and O–H groups in total.